The lowest BCUT2D eigenvalue weighted by molar-refractivity contribution is 0.0751. The van der Waals surface area contributed by atoms with Crippen molar-refractivity contribution < 1.29 is 4.74 Å². The molecule has 1 heterocycles. The second kappa shape index (κ2) is 5.25. The molecule has 1 saturated heterocycles. The van der Waals surface area contributed by atoms with E-state index in [0.29, 0.717) is 6.04 Å². The minimum absolute atomic E-state index is 0.256. The van der Waals surface area contributed by atoms with E-state index in [-0.39, 0.29) is 5.41 Å². The molecule has 2 rings (SSSR count). The maximum atomic E-state index is 6.25. The van der Waals surface area contributed by atoms with Gasteiger partial charge in [-0.1, -0.05) is 20.3 Å². The number of fused-ring (bicyclic) bond motifs is 1. The van der Waals surface area contributed by atoms with Gasteiger partial charge in [-0.2, -0.15) is 0 Å². The van der Waals surface area contributed by atoms with Crippen LogP contribution in [-0.2, 0) is 4.74 Å². The molecule has 1 saturated carbocycles. The van der Waals surface area contributed by atoms with E-state index in [9.17, 15) is 0 Å². The zero-order valence-electron chi connectivity index (χ0n) is 11.6. The predicted octanol–water partition coefficient (Wildman–Crippen LogP) is 1.72. The van der Waals surface area contributed by atoms with Crippen molar-refractivity contribution in [3.8, 4) is 0 Å². The number of rotatable bonds is 4. The highest BCUT2D eigenvalue weighted by molar-refractivity contribution is 4.94. The van der Waals surface area contributed by atoms with Gasteiger partial charge < -0.3 is 15.4 Å². The molecule has 1 aliphatic carbocycles. The molecular weight excluding hydrogens is 212 g/mol. The van der Waals surface area contributed by atoms with E-state index in [0.717, 1.165) is 25.0 Å². The van der Waals surface area contributed by atoms with E-state index in [4.69, 9.17) is 10.5 Å². The van der Waals surface area contributed by atoms with Crippen molar-refractivity contribution in [2.45, 2.75) is 39.2 Å². The lowest BCUT2D eigenvalue weighted by Crippen LogP contribution is -2.39. The van der Waals surface area contributed by atoms with Crippen molar-refractivity contribution in [2.75, 3.05) is 33.4 Å². The SMILES string of the molecule is COCC(C)(C)CN1CC2CCCC(N)C2C1. The number of hydrogen-bond donors (Lipinski definition) is 1. The van der Waals surface area contributed by atoms with Gasteiger partial charge >= 0.3 is 0 Å². The Bertz CT molecular complexity index is 255. The van der Waals surface area contributed by atoms with Gasteiger partial charge in [-0.15, -0.1) is 0 Å². The first-order valence-electron chi connectivity index (χ1n) is 6.99. The summed E-state index contributed by atoms with van der Waals surface area (Å²) in [7, 11) is 1.79. The molecule has 0 spiro atoms. The topological polar surface area (TPSA) is 38.5 Å². The first-order chi connectivity index (χ1) is 8.02. The third-order valence-corrected chi connectivity index (χ3v) is 4.42. The van der Waals surface area contributed by atoms with Crippen LogP contribution >= 0.6 is 0 Å². The summed E-state index contributed by atoms with van der Waals surface area (Å²) in [5.41, 5.74) is 6.51. The second-order valence-corrected chi connectivity index (χ2v) is 6.81. The number of nitrogens with two attached hydrogens (primary N) is 1. The Morgan fingerprint density at radius 1 is 1.29 bits per heavy atom. The number of ether oxygens (including phenoxy) is 1. The van der Waals surface area contributed by atoms with E-state index in [1.807, 2.05) is 0 Å². The van der Waals surface area contributed by atoms with E-state index < -0.39 is 0 Å². The van der Waals surface area contributed by atoms with Gasteiger partial charge in [0.2, 0.25) is 0 Å². The summed E-state index contributed by atoms with van der Waals surface area (Å²) in [4.78, 5) is 2.61. The molecular formula is C14H28N2O. The molecule has 0 aromatic carbocycles. The molecule has 3 nitrogen and oxygen atoms in total. The number of likely N-dealkylation sites (tertiary alicyclic amines) is 1. The standard InChI is InChI=1S/C14H28N2O/c1-14(2,10-17-3)9-16-7-11-5-4-6-13(15)12(11)8-16/h11-13H,4-10,15H2,1-3H3. The highest BCUT2D eigenvalue weighted by atomic mass is 16.5. The molecule has 3 heteroatoms. The van der Waals surface area contributed by atoms with Crippen LogP contribution in [0.4, 0.5) is 0 Å². The molecule has 2 N–H and O–H groups in total. The highest BCUT2D eigenvalue weighted by Crippen LogP contribution is 2.36. The van der Waals surface area contributed by atoms with Crippen molar-refractivity contribution >= 4 is 0 Å². The summed E-state index contributed by atoms with van der Waals surface area (Å²) in [6.45, 7) is 9.02. The lowest BCUT2D eigenvalue weighted by atomic mass is 9.78. The summed E-state index contributed by atoms with van der Waals surface area (Å²) in [6, 6.07) is 0.448. The van der Waals surface area contributed by atoms with Gasteiger partial charge in [0, 0.05) is 38.2 Å². The smallest absolute Gasteiger partial charge is 0.0525 e. The molecule has 0 aromatic heterocycles. The van der Waals surface area contributed by atoms with Crippen LogP contribution in [0.3, 0.4) is 0 Å². The molecule has 3 atom stereocenters. The first-order valence-corrected chi connectivity index (χ1v) is 6.99. The Kier molecular flexibility index (Phi) is 4.11. The van der Waals surface area contributed by atoms with Crippen molar-refractivity contribution in [3.63, 3.8) is 0 Å². The first kappa shape index (κ1) is 13.3. The van der Waals surface area contributed by atoms with Gasteiger partial charge in [-0.3, -0.25) is 0 Å². The van der Waals surface area contributed by atoms with Crippen molar-refractivity contribution in [2.24, 2.45) is 23.0 Å². The minimum atomic E-state index is 0.256. The average Bonchev–Trinajstić information content (AvgIpc) is 2.60. The van der Waals surface area contributed by atoms with Crippen LogP contribution < -0.4 is 5.73 Å². The maximum Gasteiger partial charge on any atom is 0.0525 e. The maximum absolute atomic E-state index is 6.25. The molecule has 100 valence electrons. The van der Waals surface area contributed by atoms with Gasteiger partial charge in [0.25, 0.3) is 0 Å². The fourth-order valence-electron chi connectivity index (χ4n) is 3.78. The van der Waals surface area contributed by atoms with Gasteiger partial charge in [-0.25, -0.2) is 0 Å². The second-order valence-electron chi connectivity index (χ2n) is 6.81. The van der Waals surface area contributed by atoms with Crippen LogP contribution in [0.1, 0.15) is 33.1 Å². The third-order valence-electron chi connectivity index (χ3n) is 4.42. The Labute approximate surface area is 106 Å². The zero-order valence-corrected chi connectivity index (χ0v) is 11.6. The van der Waals surface area contributed by atoms with Gasteiger partial charge in [-0.05, 0) is 24.7 Å². The van der Waals surface area contributed by atoms with E-state index in [1.165, 1.54) is 32.4 Å². The highest BCUT2D eigenvalue weighted by Gasteiger charge is 2.39. The number of nitrogens with zero attached hydrogens (tertiary/aromatic N) is 1. The van der Waals surface area contributed by atoms with Crippen molar-refractivity contribution in [1.82, 2.24) is 4.90 Å². The van der Waals surface area contributed by atoms with Crippen LogP contribution in [0, 0.1) is 17.3 Å². The molecule has 17 heavy (non-hydrogen) atoms. The van der Waals surface area contributed by atoms with Gasteiger partial charge in [0.1, 0.15) is 0 Å². The fourth-order valence-corrected chi connectivity index (χ4v) is 3.78. The number of hydrogen-bond acceptors (Lipinski definition) is 3. The summed E-state index contributed by atoms with van der Waals surface area (Å²) in [5.74, 6) is 1.61. The largest absolute Gasteiger partial charge is 0.384 e. The van der Waals surface area contributed by atoms with Crippen LogP contribution in [0.25, 0.3) is 0 Å². The molecule has 0 amide bonds. The quantitative estimate of drug-likeness (QED) is 0.813. The van der Waals surface area contributed by atoms with E-state index in [1.54, 1.807) is 7.11 Å². The molecule has 1 aliphatic heterocycles. The minimum Gasteiger partial charge on any atom is -0.384 e. The fraction of sp³-hybridized carbons (Fsp3) is 1.00. The Morgan fingerprint density at radius 2 is 2.06 bits per heavy atom. The van der Waals surface area contributed by atoms with Crippen molar-refractivity contribution in [3.05, 3.63) is 0 Å². The molecule has 2 aliphatic rings. The normalized spacial score (nSPS) is 34.9. The van der Waals surface area contributed by atoms with E-state index >= 15 is 0 Å². The zero-order chi connectivity index (χ0) is 12.5. The van der Waals surface area contributed by atoms with Gasteiger partial charge in [0.05, 0.1) is 6.61 Å². The molecule has 0 radical (unpaired) electrons. The van der Waals surface area contributed by atoms with Crippen LogP contribution in [0.5, 0.6) is 0 Å². The van der Waals surface area contributed by atoms with E-state index in [2.05, 4.69) is 18.7 Å². The van der Waals surface area contributed by atoms with Crippen LogP contribution in [-0.4, -0.2) is 44.3 Å². The predicted molar refractivity (Wildman–Crippen MR) is 70.9 cm³/mol. The van der Waals surface area contributed by atoms with Crippen LogP contribution in [0.2, 0.25) is 0 Å². The molecule has 2 fully saturated rings. The summed E-state index contributed by atoms with van der Waals surface area (Å²) < 4.78 is 5.31. The average molecular weight is 240 g/mol. The third kappa shape index (κ3) is 3.21. The Balaban J connectivity index is 1.88. The molecule has 0 bridgehead atoms. The van der Waals surface area contributed by atoms with Gasteiger partial charge in [0.15, 0.2) is 0 Å². The van der Waals surface area contributed by atoms with Crippen LogP contribution in [0.15, 0.2) is 0 Å². The molecule has 0 aromatic rings. The van der Waals surface area contributed by atoms with Crippen molar-refractivity contribution in [1.29, 1.82) is 0 Å². The Morgan fingerprint density at radius 3 is 2.71 bits per heavy atom. The summed E-state index contributed by atoms with van der Waals surface area (Å²) in [5, 5.41) is 0. The summed E-state index contributed by atoms with van der Waals surface area (Å²) in [6.07, 6.45) is 3.95. The summed E-state index contributed by atoms with van der Waals surface area (Å²) >= 11 is 0. The monoisotopic (exact) mass is 240 g/mol. The number of methoxy groups -OCH3 is 1. The molecule has 3 unspecified atom stereocenters. The lowest BCUT2D eigenvalue weighted by Gasteiger charge is -2.30. The Hall–Kier alpha value is -0.120.